The lowest BCUT2D eigenvalue weighted by atomic mass is 9.93. The maximum Gasteiger partial charge on any atom is 0.227 e. The highest BCUT2D eigenvalue weighted by Gasteiger charge is 2.44. The number of sulfonamides is 1. The molecule has 0 aromatic rings. The number of nitriles is 1. The molecule has 7 heteroatoms. The number of nitrogens with zero attached hydrogens (tertiary/aromatic N) is 2. The first kappa shape index (κ1) is 11.4. The molecule has 0 saturated carbocycles. The zero-order valence-corrected chi connectivity index (χ0v) is 9.53. The summed E-state index contributed by atoms with van der Waals surface area (Å²) in [6.07, 6.45) is 1.41. The molecule has 2 heterocycles. The molecule has 2 aliphatic heterocycles. The summed E-state index contributed by atoms with van der Waals surface area (Å²) in [5.41, 5.74) is 0. The molecule has 2 rings (SSSR count). The van der Waals surface area contributed by atoms with Crippen molar-refractivity contribution in [3.05, 3.63) is 0 Å². The van der Waals surface area contributed by atoms with Crippen molar-refractivity contribution in [2.75, 3.05) is 18.8 Å². The SMILES string of the molecule is N#CCS(=O)(=O)N1CCCC2C(=O)NCC21. The van der Waals surface area contributed by atoms with Crippen LogP contribution in [0.1, 0.15) is 12.8 Å². The van der Waals surface area contributed by atoms with Gasteiger partial charge in [0.15, 0.2) is 5.75 Å². The summed E-state index contributed by atoms with van der Waals surface area (Å²) in [6, 6.07) is 1.37. The molecular formula is C9H13N3O3S. The average molecular weight is 243 g/mol. The van der Waals surface area contributed by atoms with Crippen molar-refractivity contribution in [2.24, 2.45) is 5.92 Å². The van der Waals surface area contributed by atoms with Crippen molar-refractivity contribution in [3.8, 4) is 6.07 Å². The third-order valence-electron chi connectivity index (χ3n) is 3.15. The van der Waals surface area contributed by atoms with E-state index < -0.39 is 15.8 Å². The highest BCUT2D eigenvalue weighted by Crippen LogP contribution is 2.29. The first-order chi connectivity index (χ1) is 7.56. The van der Waals surface area contributed by atoms with Crippen molar-refractivity contribution >= 4 is 15.9 Å². The first-order valence-corrected chi connectivity index (χ1v) is 6.81. The van der Waals surface area contributed by atoms with Crippen LogP contribution in [0.5, 0.6) is 0 Å². The highest BCUT2D eigenvalue weighted by atomic mass is 32.2. The summed E-state index contributed by atoms with van der Waals surface area (Å²) in [6.45, 7) is 0.786. The van der Waals surface area contributed by atoms with E-state index in [2.05, 4.69) is 5.32 Å². The number of fused-ring (bicyclic) bond motifs is 1. The van der Waals surface area contributed by atoms with E-state index in [4.69, 9.17) is 5.26 Å². The van der Waals surface area contributed by atoms with Gasteiger partial charge in [0.25, 0.3) is 0 Å². The molecule has 2 fully saturated rings. The number of nitrogens with one attached hydrogen (secondary N) is 1. The summed E-state index contributed by atoms with van der Waals surface area (Å²) in [5, 5.41) is 11.2. The topological polar surface area (TPSA) is 90.3 Å². The molecule has 1 N–H and O–H groups in total. The zero-order valence-electron chi connectivity index (χ0n) is 8.72. The van der Waals surface area contributed by atoms with Crippen LogP contribution in [0.15, 0.2) is 0 Å². The predicted molar refractivity (Wildman–Crippen MR) is 55.6 cm³/mol. The van der Waals surface area contributed by atoms with Gasteiger partial charge in [-0.25, -0.2) is 8.42 Å². The van der Waals surface area contributed by atoms with Gasteiger partial charge in [0.1, 0.15) is 0 Å². The third-order valence-corrected chi connectivity index (χ3v) is 4.82. The summed E-state index contributed by atoms with van der Waals surface area (Å²) < 4.78 is 24.9. The van der Waals surface area contributed by atoms with Crippen LogP contribution in [0, 0.1) is 17.2 Å². The van der Waals surface area contributed by atoms with Crippen LogP contribution in [-0.2, 0) is 14.8 Å². The Hall–Kier alpha value is -1.13. The van der Waals surface area contributed by atoms with Gasteiger partial charge in [-0.2, -0.15) is 9.57 Å². The van der Waals surface area contributed by atoms with Crippen LogP contribution < -0.4 is 5.32 Å². The van der Waals surface area contributed by atoms with E-state index in [1.54, 1.807) is 6.07 Å². The summed E-state index contributed by atoms with van der Waals surface area (Å²) >= 11 is 0. The van der Waals surface area contributed by atoms with Gasteiger partial charge in [0, 0.05) is 13.1 Å². The quantitative estimate of drug-likeness (QED) is 0.677. The molecule has 2 unspecified atom stereocenters. The van der Waals surface area contributed by atoms with Gasteiger partial charge in [-0.1, -0.05) is 0 Å². The van der Waals surface area contributed by atoms with Gasteiger partial charge in [-0.15, -0.1) is 0 Å². The lowest BCUT2D eigenvalue weighted by Gasteiger charge is -2.34. The molecule has 0 aromatic carbocycles. The number of hydrogen-bond acceptors (Lipinski definition) is 4. The Balaban J connectivity index is 2.23. The maximum absolute atomic E-state index is 11.8. The molecule has 6 nitrogen and oxygen atoms in total. The van der Waals surface area contributed by atoms with Crippen molar-refractivity contribution < 1.29 is 13.2 Å². The molecule has 88 valence electrons. The minimum Gasteiger partial charge on any atom is -0.354 e. The number of piperidine rings is 1. The van der Waals surface area contributed by atoms with E-state index in [1.165, 1.54) is 4.31 Å². The van der Waals surface area contributed by atoms with Gasteiger partial charge >= 0.3 is 0 Å². The number of rotatable bonds is 2. The van der Waals surface area contributed by atoms with Crippen LogP contribution in [0.4, 0.5) is 0 Å². The molecule has 2 saturated heterocycles. The molecule has 1 amide bonds. The van der Waals surface area contributed by atoms with E-state index in [9.17, 15) is 13.2 Å². The molecule has 0 spiro atoms. The largest absolute Gasteiger partial charge is 0.354 e. The van der Waals surface area contributed by atoms with E-state index in [0.29, 0.717) is 19.5 Å². The predicted octanol–water partition coefficient (Wildman–Crippen LogP) is -0.950. The van der Waals surface area contributed by atoms with E-state index >= 15 is 0 Å². The molecular weight excluding hydrogens is 230 g/mol. The van der Waals surface area contributed by atoms with Gasteiger partial charge in [0.05, 0.1) is 18.0 Å². The van der Waals surface area contributed by atoms with Crippen molar-refractivity contribution in [1.29, 1.82) is 5.26 Å². The van der Waals surface area contributed by atoms with Crippen LogP contribution in [0.3, 0.4) is 0 Å². The minimum atomic E-state index is -3.53. The Morgan fingerprint density at radius 1 is 1.56 bits per heavy atom. The number of carbonyl (C=O) groups excluding carboxylic acids is 1. The number of hydrogen-bond donors (Lipinski definition) is 1. The molecule has 0 aromatic heterocycles. The van der Waals surface area contributed by atoms with Crippen LogP contribution >= 0.6 is 0 Å². The molecule has 16 heavy (non-hydrogen) atoms. The highest BCUT2D eigenvalue weighted by molar-refractivity contribution is 7.89. The fraction of sp³-hybridized carbons (Fsp3) is 0.778. The van der Waals surface area contributed by atoms with E-state index in [1.807, 2.05) is 0 Å². The Kier molecular flexibility index (Phi) is 2.86. The van der Waals surface area contributed by atoms with E-state index in [-0.39, 0.29) is 17.9 Å². The fourth-order valence-corrected chi connectivity index (χ4v) is 3.79. The maximum atomic E-state index is 11.8. The third kappa shape index (κ3) is 1.79. The summed E-state index contributed by atoms with van der Waals surface area (Å²) in [5.74, 6) is -0.811. The molecule has 2 atom stereocenters. The Bertz CT molecular complexity index is 439. The van der Waals surface area contributed by atoms with Crippen LogP contribution in [-0.4, -0.2) is 43.5 Å². The normalized spacial score (nSPS) is 30.6. The molecule has 0 bridgehead atoms. The van der Waals surface area contributed by atoms with Gasteiger partial charge < -0.3 is 5.32 Å². The molecule has 0 aliphatic carbocycles. The summed E-state index contributed by atoms with van der Waals surface area (Å²) in [7, 11) is -3.53. The second kappa shape index (κ2) is 4.03. The first-order valence-electron chi connectivity index (χ1n) is 5.20. The average Bonchev–Trinajstić information content (AvgIpc) is 2.60. The minimum absolute atomic E-state index is 0.0677. The fourth-order valence-electron chi connectivity index (χ4n) is 2.42. The van der Waals surface area contributed by atoms with Gasteiger partial charge in [-0.05, 0) is 12.8 Å². The monoisotopic (exact) mass is 243 g/mol. The number of amides is 1. The second-order valence-electron chi connectivity index (χ2n) is 4.09. The Labute approximate surface area is 94.3 Å². The lowest BCUT2D eigenvalue weighted by Crippen LogP contribution is -2.49. The smallest absolute Gasteiger partial charge is 0.227 e. The standard InChI is InChI=1S/C9H13N3O3S/c10-3-5-16(14,15)12-4-1-2-7-8(12)6-11-9(7)13/h7-8H,1-2,4-6H2,(H,11,13). The van der Waals surface area contributed by atoms with Gasteiger partial charge in [-0.3, -0.25) is 4.79 Å². The summed E-state index contributed by atoms with van der Waals surface area (Å²) in [4.78, 5) is 11.4. The second-order valence-corrected chi connectivity index (χ2v) is 6.01. The van der Waals surface area contributed by atoms with Crippen molar-refractivity contribution in [2.45, 2.75) is 18.9 Å². The lowest BCUT2D eigenvalue weighted by molar-refractivity contribution is -0.123. The molecule has 0 radical (unpaired) electrons. The Morgan fingerprint density at radius 2 is 2.31 bits per heavy atom. The van der Waals surface area contributed by atoms with E-state index in [0.717, 1.165) is 6.42 Å². The number of carbonyl (C=O) groups is 1. The van der Waals surface area contributed by atoms with Crippen LogP contribution in [0.25, 0.3) is 0 Å². The van der Waals surface area contributed by atoms with Crippen molar-refractivity contribution in [1.82, 2.24) is 9.62 Å². The van der Waals surface area contributed by atoms with Crippen molar-refractivity contribution in [3.63, 3.8) is 0 Å². The zero-order chi connectivity index (χ0) is 11.8. The Morgan fingerprint density at radius 3 is 3.00 bits per heavy atom. The molecule has 2 aliphatic rings. The van der Waals surface area contributed by atoms with Gasteiger partial charge in [0.2, 0.25) is 15.9 Å². The van der Waals surface area contributed by atoms with Crippen LogP contribution in [0.2, 0.25) is 0 Å².